The van der Waals surface area contributed by atoms with Crippen LogP contribution in [0.1, 0.15) is 10.4 Å². The molecule has 0 unspecified atom stereocenters. The smallest absolute Gasteiger partial charge is 0.255 e. The Balaban J connectivity index is 2.14. The summed E-state index contributed by atoms with van der Waals surface area (Å²) in [7, 11) is -0.797. The van der Waals surface area contributed by atoms with Gasteiger partial charge in [-0.2, -0.15) is 0 Å². The minimum absolute atomic E-state index is 0.142. The molecule has 0 spiro atoms. The lowest BCUT2D eigenvalue weighted by Crippen LogP contribution is -2.41. The second-order valence-corrected chi connectivity index (χ2v) is 5.83. The van der Waals surface area contributed by atoms with E-state index in [0.717, 1.165) is 0 Å². The number of carbonyl (C=O) groups is 1. The molecule has 0 aromatic carbocycles. The molecule has 2 heterocycles. The second-order valence-electron chi connectivity index (χ2n) is 3.73. The van der Waals surface area contributed by atoms with Gasteiger partial charge in [-0.3, -0.25) is 9.00 Å². The van der Waals surface area contributed by atoms with Gasteiger partial charge in [0, 0.05) is 41.6 Å². The van der Waals surface area contributed by atoms with Crippen molar-refractivity contribution >= 4 is 34.1 Å². The summed E-state index contributed by atoms with van der Waals surface area (Å²) in [6.07, 6.45) is 1.41. The number of nitrogens with two attached hydrogens (primary N) is 1. The highest BCUT2D eigenvalue weighted by Gasteiger charge is 2.21. The Labute approximate surface area is 106 Å². The maximum Gasteiger partial charge on any atom is 0.255 e. The highest BCUT2D eigenvalue weighted by Crippen LogP contribution is 2.18. The van der Waals surface area contributed by atoms with Crippen molar-refractivity contribution in [2.24, 2.45) is 0 Å². The van der Waals surface area contributed by atoms with Crippen LogP contribution < -0.4 is 5.73 Å². The summed E-state index contributed by atoms with van der Waals surface area (Å²) in [6.45, 7) is 1.01. The van der Waals surface area contributed by atoms with Crippen molar-refractivity contribution in [3.8, 4) is 0 Å². The van der Waals surface area contributed by atoms with Crippen molar-refractivity contribution in [2.75, 3.05) is 30.3 Å². The number of nitrogens with zero attached hydrogens (tertiary/aromatic N) is 2. The quantitative estimate of drug-likeness (QED) is 0.809. The van der Waals surface area contributed by atoms with Gasteiger partial charge in [0.05, 0.1) is 10.6 Å². The van der Waals surface area contributed by atoms with Gasteiger partial charge in [0.15, 0.2) is 0 Å². The molecule has 1 saturated heterocycles. The molecule has 0 radical (unpaired) electrons. The first-order valence-corrected chi connectivity index (χ1v) is 7.00. The fourth-order valence-corrected chi connectivity index (χ4v) is 2.81. The zero-order valence-electron chi connectivity index (χ0n) is 9.06. The summed E-state index contributed by atoms with van der Waals surface area (Å²) in [5.74, 6) is 1.13. The lowest BCUT2D eigenvalue weighted by molar-refractivity contribution is 0.0771. The van der Waals surface area contributed by atoms with Gasteiger partial charge in [-0.25, -0.2) is 4.98 Å². The van der Waals surface area contributed by atoms with Crippen LogP contribution in [0.4, 0.5) is 5.82 Å². The molecule has 0 atom stereocenters. The van der Waals surface area contributed by atoms with Crippen LogP contribution in [0.25, 0.3) is 0 Å². The third-order valence-corrected chi connectivity index (χ3v) is 4.16. The number of rotatable bonds is 1. The summed E-state index contributed by atoms with van der Waals surface area (Å²) in [6, 6.07) is 1.51. The molecule has 17 heavy (non-hydrogen) atoms. The Morgan fingerprint density at radius 3 is 2.71 bits per heavy atom. The first-order valence-electron chi connectivity index (χ1n) is 5.13. The van der Waals surface area contributed by atoms with E-state index in [1.165, 1.54) is 12.3 Å². The largest absolute Gasteiger partial charge is 0.382 e. The molecule has 1 fully saturated rings. The average molecular weight is 274 g/mol. The van der Waals surface area contributed by atoms with E-state index in [1.54, 1.807) is 4.90 Å². The van der Waals surface area contributed by atoms with Gasteiger partial charge in [0.25, 0.3) is 5.91 Å². The lowest BCUT2D eigenvalue weighted by atomic mass is 10.2. The van der Waals surface area contributed by atoms with E-state index < -0.39 is 10.8 Å². The fraction of sp³-hybridized carbons (Fsp3) is 0.400. The number of nitrogen functional groups attached to an aromatic ring is 1. The SMILES string of the molecule is Nc1ncc(C(=O)N2CCS(=O)CC2)cc1Cl. The second kappa shape index (κ2) is 5.01. The molecule has 1 aromatic rings. The number of hydrogen-bond donors (Lipinski definition) is 1. The van der Waals surface area contributed by atoms with E-state index in [-0.39, 0.29) is 16.7 Å². The molecule has 1 aliphatic rings. The summed E-state index contributed by atoms with van der Waals surface area (Å²) < 4.78 is 11.2. The zero-order valence-corrected chi connectivity index (χ0v) is 10.6. The van der Waals surface area contributed by atoms with E-state index in [1.807, 2.05) is 0 Å². The average Bonchev–Trinajstić information content (AvgIpc) is 2.33. The molecule has 0 bridgehead atoms. The molecule has 92 valence electrons. The van der Waals surface area contributed by atoms with Crippen LogP contribution >= 0.6 is 11.6 Å². The van der Waals surface area contributed by atoms with Crippen LogP contribution in [0.5, 0.6) is 0 Å². The molecule has 7 heteroatoms. The minimum Gasteiger partial charge on any atom is -0.382 e. The molecule has 1 amide bonds. The Morgan fingerprint density at radius 1 is 1.47 bits per heavy atom. The van der Waals surface area contributed by atoms with Gasteiger partial charge in [-0.05, 0) is 6.07 Å². The number of anilines is 1. The summed E-state index contributed by atoms with van der Waals surface area (Å²) >= 11 is 5.81. The molecule has 1 aliphatic heterocycles. The van der Waals surface area contributed by atoms with Crippen molar-refractivity contribution in [3.63, 3.8) is 0 Å². The maximum absolute atomic E-state index is 12.1. The number of hydrogen-bond acceptors (Lipinski definition) is 4. The van der Waals surface area contributed by atoms with E-state index in [9.17, 15) is 9.00 Å². The van der Waals surface area contributed by atoms with E-state index in [2.05, 4.69) is 4.98 Å². The number of aromatic nitrogens is 1. The fourth-order valence-electron chi connectivity index (χ4n) is 1.59. The third kappa shape index (κ3) is 2.76. The molecule has 2 N–H and O–H groups in total. The summed E-state index contributed by atoms with van der Waals surface area (Å²) in [4.78, 5) is 17.6. The minimum atomic E-state index is -0.797. The highest BCUT2D eigenvalue weighted by molar-refractivity contribution is 7.85. The van der Waals surface area contributed by atoms with Crippen LogP contribution in [-0.2, 0) is 10.8 Å². The first-order chi connectivity index (χ1) is 8.08. The van der Waals surface area contributed by atoms with E-state index in [0.29, 0.717) is 30.2 Å². The summed E-state index contributed by atoms with van der Waals surface area (Å²) in [5.41, 5.74) is 5.89. The summed E-state index contributed by atoms with van der Waals surface area (Å²) in [5, 5.41) is 0.274. The van der Waals surface area contributed by atoms with Crippen LogP contribution in [0.15, 0.2) is 12.3 Å². The van der Waals surface area contributed by atoms with Crippen molar-refractivity contribution in [3.05, 3.63) is 22.8 Å². The Bertz CT molecular complexity index is 471. The zero-order chi connectivity index (χ0) is 12.4. The lowest BCUT2D eigenvalue weighted by Gasteiger charge is -2.26. The number of amides is 1. The van der Waals surface area contributed by atoms with E-state index in [4.69, 9.17) is 17.3 Å². The predicted octanol–water partition coefficient (Wildman–Crippen LogP) is 0.522. The molecule has 5 nitrogen and oxygen atoms in total. The molecule has 2 rings (SSSR count). The van der Waals surface area contributed by atoms with Gasteiger partial charge >= 0.3 is 0 Å². The van der Waals surface area contributed by atoms with Gasteiger partial charge in [-0.15, -0.1) is 0 Å². The predicted molar refractivity (Wildman–Crippen MR) is 67.4 cm³/mol. The standard InChI is InChI=1S/C10H12ClN3O2S/c11-8-5-7(6-13-9(8)12)10(15)14-1-3-17(16)4-2-14/h5-6H,1-4H2,(H2,12,13). The van der Waals surface area contributed by atoms with Crippen LogP contribution in [0.3, 0.4) is 0 Å². The topological polar surface area (TPSA) is 76.3 Å². The monoisotopic (exact) mass is 273 g/mol. The Kier molecular flexibility index (Phi) is 3.63. The normalized spacial score (nSPS) is 17.1. The molecular weight excluding hydrogens is 262 g/mol. The van der Waals surface area contributed by atoms with Crippen molar-refractivity contribution in [1.82, 2.24) is 9.88 Å². The van der Waals surface area contributed by atoms with Crippen LogP contribution in [0, 0.1) is 0 Å². The molecule has 0 saturated carbocycles. The van der Waals surface area contributed by atoms with Gasteiger partial charge in [0.1, 0.15) is 5.82 Å². The first kappa shape index (κ1) is 12.3. The van der Waals surface area contributed by atoms with Gasteiger partial charge < -0.3 is 10.6 Å². The Hall–Kier alpha value is -1.14. The number of halogens is 1. The highest BCUT2D eigenvalue weighted by atomic mass is 35.5. The number of pyridine rings is 1. The van der Waals surface area contributed by atoms with Gasteiger partial charge in [-0.1, -0.05) is 11.6 Å². The van der Waals surface area contributed by atoms with Crippen molar-refractivity contribution < 1.29 is 9.00 Å². The van der Waals surface area contributed by atoms with Crippen molar-refractivity contribution in [2.45, 2.75) is 0 Å². The van der Waals surface area contributed by atoms with E-state index >= 15 is 0 Å². The third-order valence-electron chi connectivity index (χ3n) is 2.58. The molecule has 0 aliphatic carbocycles. The van der Waals surface area contributed by atoms with Crippen molar-refractivity contribution in [1.29, 1.82) is 0 Å². The maximum atomic E-state index is 12.1. The van der Waals surface area contributed by atoms with Crippen LogP contribution in [-0.4, -0.2) is 44.6 Å². The van der Waals surface area contributed by atoms with Gasteiger partial charge in [0.2, 0.25) is 0 Å². The molecular formula is C10H12ClN3O2S. The number of carbonyl (C=O) groups excluding carboxylic acids is 1. The van der Waals surface area contributed by atoms with Crippen LogP contribution in [0.2, 0.25) is 5.02 Å². The Morgan fingerprint density at radius 2 is 2.12 bits per heavy atom. The molecule has 1 aromatic heterocycles.